The highest BCUT2D eigenvalue weighted by Crippen LogP contribution is 2.31. The van der Waals surface area contributed by atoms with E-state index in [1.807, 2.05) is 7.05 Å². The molecule has 0 bridgehead atoms. The molecule has 5 nitrogen and oxygen atoms in total. The number of aliphatic imine (C=N–C) groups is 1. The maximum atomic E-state index is 4.46. The third-order valence-electron chi connectivity index (χ3n) is 6.13. The Kier molecular flexibility index (Phi) is 6.03. The predicted octanol–water partition coefficient (Wildman–Crippen LogP) is 1.75. The fourth-order valence-corrected chi connectivity index (χ4v) is 4.30. The van der Waals surface area contributed by atoms with Gasteiger partial charge in [0.2, 0.25) is 0 Å². The number of piperidine rings is 1. The molecule has 2 heterocycles. The highest BCUT2D eigenvalue weighted by molar-refractivity contribution is 5.80. The Morgan fingerprint density at radius 3 is 2.62 bits per heavy atom. The van der Waals surface area contributed by atoms with Crippen LogP contribution in [0.3, 0.4) is 0 Å². The van der Waals surface area contributed by atoms with Crippen LogP contribution in [0.5, 0.6) is 0 Å². The average molecular weight is 336 g/mol. The zero-order chi connectivity index (χ0) is 17.1. The Morgan fingerprint density at radius 2 is 1.96 bits per heavy atom. The van der Waals surface area contributed by atoms with Crippen molar-refractivity contribution in [2.24, 2.45) is 16.8 Å². The standard InChI is InChI=1S/C19H37N5/c1-14-6-5-9-23(11-14)16(3)10-21-19(20-4)22-18-13-24(12-15(18)2)17-7-8-17/h14-18H,5-13H2,1-4H3,(H2,20,21,22). The van der Waals surface area contributed by atoms with Crippen LogP contribution in [-0.2, 0) is 0 Å². The van der Waals surface area contributed by atoms with Crippen molar-refractivity contribution in [3.05, 3.63) is 0 Å². The molecule has 138 valence electrons. The second-order valence-corrected chi connectivity index (χ2v) is 8.46. The summed E-state index contributed by atoms with van der Waals surface area (Å²) in [5.74, 6) is 2.51. The van der Waals surface area contributed by atoms with Gasteiger partial charge in [0.15, 0.2) is 5.96 Å². The lowest BCUT2D eigenvalue weighted by Gasteiger charge is -2.36. The van der Waals surface area contributed by atoms with Crippen molar-refractivity contribution in [3.8, 4) is 0 Å². The normalized spacial score (nSPS) is 34.3. The van der Waals surface area contributed by atoms with E-state index in [0.717, 1.165) is 24.5 Å². The molecule has 4 atom stereocenters. The maximum absolute atomic E-state index is 4.46. The Morgan fingerprint density at radius 1 is 1.17 bits per heavy atom. The molecule has 0 amide bonds. The predicted molar refractivity (Wildman–Crippen MR) is 101 cm³/mol. The van der Waals surface area contributed by atoms with E-state index in [4.69, 9.17) is 0 Å². The minimum atomic E-state index is 0.530. The van der Waals surface area contributed by atoms with Gasteiger partial charge in [0.1, 0.15) is 0 Å². The number of nitrogens with zero attached hydrogens (tertiary/aromatic N) is 3. The molecule has 0 aromatic carbocycles. The smallest absolute Gasteiger partial charge is 0.191 e. The molecule has 2 N–H and O–H groups in total. The van der Waals surface area contributed by atoms with Crippen molar-refractivity contribution in [3.63, 3.8) is 0 Å². The van der Waals surface area contributed by atoms with Gasteiger partial charge < -0.3 is 10.6 Å². The lowest BCUT2D eigenvalue weighted by Crippen LogP contribution is -2.51. The number of hydrogen-bond donors (Lipinski definition) is 2. The van der Waals surface area contributed by atoms with Gasteiger partial charge in [0.25, 0.3) is 0 Å². The lowest BCUT2D eigenvalue weighted by atomic mass is 9.99. The number of nitrogens with one attached hydrogen (secondary N) is 2. The number of rotatable bonds is 5. The van der Waals surface area contributed by atoms with Crippen molar-refractivity contribution in [1.29, 1.82) is 0 Å². The molecule has 1 saturated carbocycles. The monoisotopic (exact) mass is 335 g/mol. The summed E-state index contributed by atoms with van der Waals surface area (Å²) in [4.78, 5) is 9.75. The number of hydrogen-bond acceptors (Lipinski definition) is 3. The van der Waals surface area contributed by atoms with Gasteiger partial charge in [-0.2, -0.15) is 0 Å². The molecule has 1 aliphatic carbocycles. The molecule has 3 aliphatic rings. The molecule has 0 spiro atoms. The third kappa shape index (κ3) is 4.63. The van der Waals surface area contributed by atoms with Crippen LogP contribution >= 0.6 is 0 Å². The van der Waals surface area contributed by atoms with Crippen LogP contribution < -0.4 is 10.6 Å². The quantitative estimate of drug-likeness (QED) is 0.593. The maximum Gasteiger partial charge on any atom is 0.191 e. The highest BCUT2D eigenvalue weighted by atomic mass is 15.3. The van der Waals surface area contributed by atoms with Gasteiger partial charge in [-0.15, -0.1) is 0 Å². The van der Waals surface area contributed by atoms with Gasteiger partial charge in [-0.3, -0.25) is 14.8 Å². The first-order valence-electron chi connectivity index (χ1n) is 10.0. The van der Waals surface area contributed by atoms with Crippen molar-refractivity contribution >= 4 is 5.96 Å². The van der Waals surface area contributed by atoms with Crippen molar-refractivity contribution in [1.82, 2.24) is 20.4 Å². The summed E-state index contributed by atoms with van der Waals surface area (Å²) in [6, 6.07) is 1.97. The number of likely N-dealkylation sites (tertiary alicyclic amines) is 2. The molecule has 4 unspecified atom stereocenters. The van der Waals surface area contributed by atoms with Crippen LogP contribution in [0.25, 0.3) is 0 Å². The van der Waals surface area contributed by atoms with E-state index < -0.39 is 0 Å². The summed E-state index contributed by atoms with van der Waals surface area (Å²) in [6.45, 7) is 12.9. The second kappa shape index (κ2) is 8.05. The molecular weight excluding hydrogens is 298 g/mol. The fraction of sp³-hybridized carbons (Fsp3) is 0.947. The van der Waals surface area contributed by atoms with E-state index in [-0.39, 0.29) is 0 Å². The summed E-state index contributed by atoms with van der Waals surface area (Å²) < 4.78 is 0. The molecule has 2 saturated heterocycles. The summed E-state index contributed by atoms with van der Waals surface area (Å²) in [7, 11) is 1.89. The van der Waals surface area contributed by atoms with Crippen LogP contribution in [0, 0.1) is 11.8 Å². The first-order chi connectivity index (χ1) is 11.6. The Bertz CT molecular complexity index is 433. The molecule has 24 heavy (non-hydrogen) atoms. The lowest BCUT2D eigenvalue weighted by molar-refractivity contribution is 0.139. The van der Waals surface area contributed by atoms with E-state index >= 15 is 0 Å². The minimum Gasteiger partial charge on any atom is -0.355 e. The van der Waals surface area contributed by atoms with E-state index in [0.29, 0.717) is 18.0 Å². The molecule has 0 aromatic heterocycles. The largest absolute Gasteiger partial charge is 0.355 e. The minimum absolute atomic E-state index is 0.530. The summed E-state index contributed by atoms with van der Waals surface area (Å²) in [5.41, 5.74) is 0. The fourth-order valence-electron chi connectivity index (χ4n) is 4.30. The molecule has 3 fully saturated rings. The first-order valence-corrected chi connectivity index (χ1v) is 10.0. The number of guanidine groups is 1. The Balaban J connectivity index is 1.43. The molecule has 2 aliphatic heterocycles. The van der Waals surface area contributed by atoms with Crippen LogP contribution in [-0.4, -0.2) is 73.7 Å². The molecular formula is C19H37N5. The van der Waals surface area contributed by atoms with Gasteiger partial charge in [-0.25, -0.2) is 0 Å². The zero-order valence-corrected chi connectivity index (χ0v) is 16.1. The third-order valence-corrected chi connectivity index (χ3v) is 6.13. The van der Waals surface area contributed by atoms with Crippen LogP contribution in [0.4, 0.5) is 0 Å². The van der Waals surface area contributed by atoms with Crippen molar-refractivity contribution in [2.45, 2.75) is 64.6 Å². The van der Waals surface area contributed by atoms with Crippen LogP contribution in [0.2, 0.25) is 0 Å². The van der Waals surface area contributed by atoms with Crippen molar-refractivity contribution < 1.29 is 0 Å². The van der Waals surface area contributed by atoms with Crippen LogP contribution in [0.1, 0.15) is 46.5 Å². The van der Waals surface area contributed by atoms with Gasteiger partial charge in [-0.1, -0.05) is 13.8 Å². The van der Waals surface area contributed by atoms with E-state index in [2.05, 4.69) is 46.2 Å². The van der Waals surface area contributed by atoms with E-state index in [9.17, 15) is 0 Å². The molecule has 5 heteroatoms. The second-order valence-electron chi connectivity index (χ2n) is 8.46. The SMILES string of the molecule is CN=C(NCC(C)N1CCCC(C)C1)NC1CN(C2CC2)CC1C. The first kappa shape index (κ1) is 18.0. The Labute approximate surface area is 148 Å². The van der Waals surface area contributed by atoms with E-state index in [1.165, 1.54) is 51.9 Å². The van der Waals surface area contributed by atoms with Crippen LogP contribution in [0.15, 0.2) is 4.99 Å². The summed E-state index contributed by atoms with van der Waals surface area (Å²) in [6.07, 6.45) is 5.53. The van der Waals surface area contributed by atoms with Gasteiger partial charge >= 0.3 is 0 Å². The highest BCUT2D eigenvalue weighted by Gasteiger charge is 2.38. The summed E-state index contributed by atoms with van der Waals surface area (Å²) in [5, 5.41) is 7.24. The van der Waals surface area contributed by atoms with Crippen molar-refractivity contribution in [2.75, 3.05) is 39.8 Å². The zero-order valence-electron chi connectivity index (χ0n) is 16.1. The molecule has 0 aromatic rings. The van der Waals surface area contributed by atoms with Gasteiger partial charge in [-0.05, 0) is 51.0 Å². The van der Waals surface area contributed by atoms with Gasteiger partial charge in [0.05, 0.1) is 0 Å². The van der Waals surface area contributed by atoms with E-state index in [1.54, 1.807) is 0 Å². The average Bonchev–Trinajstić information content (AvgIpc) is 3.35. The van der Waals surface area contributed by atoms with Gasteiger partial charge in [0, 0.05) is 51.4 Å². The Hall–Kier alpha value is -0.810. The molecule has 0 radical (unpaired) electrons. The summed E-state index contributed by atoms with van der Waals surface area (Å²) >= 11 is 0. The topological polar surface area (TPSA) is 42.9 Å². The molecule has 3 rings (SSSR count).